The van der Waals surface area contributed by atoms with Crippen LogP contribution < -0.4 is 5.56 Å². The first-order valence-corrected chi connectivity index (χ1v) is 6.56. The van der Waals surface area contributed by atoms with E-state index in [0.717, 1.165) is 16.0 Å². The summed E-state index contributed by atoms with van der Waals surface area (Å²) in [6, 6.07) is 9.50. The van der Waals surface area contributed by atoms with Crippen molar-refractivity contribution in [1.29, 1.82) is 0 Å². The fourth-order valence-corrected chi connectivity index (χ4v) is 2.97. The molecule has 0 unspecified atom stereocenters. The summed E-state index contributed by atoms with van der Waals surface area (Å²) in [4.78, 5) is 17.2. The molecule has 90 valence electrons. The topological polar surface area (TPSA) is 34.9 Å². The van der Waals surface area contributed by atoms with E-state index in [1.807, 2.05) is 30.3 Å². The maximum atomic E-state index is 11.9. The lowest BCUT2D eigenvalue weighted by Crippen LogP contribution is -2.15. The molecular formula is C13H9ClN2OS. The normalized spacial score (nSPS) is 11.0. The highest BCUT2D eigenvalue weighted by Gasteiger charge is 2.09. The highest BCUT2D eigenvalue weighted by Crippen LogP contribution is 2.31. The Balaban J connectivity index is 2.22. The number of hydrogen-bond donors (Lipinski definition) is 0. The predicted molar refractivity (Wildman–Crippen MR) is 75.3 cm³/mol. The summed E-state index contributed by atoms with van der Waals surface area (Å²) >= 11 is 7.32. The van der Waals surface area contributed by atoms with Gasteiger partial charge in [-0.25, -0.2) is 4.98 Å². The first-order valence-electron chi connectivity index (χ1n) is 5.36. The van der Waals surface area contributed by atoms with Gasteiger partial charge < -0.3 is 4.57 Å². The number of rotatable bonds is 1. The van der Waals surface area contributed by atoms with Gasteiger partial charge in [-0.05, 0) is 23.8 Å². The van der Waals surface area contributed by atoms with E-state index in [4.69, 9.17) is 11.6 Å². The van der Waals surface area contributed by atoms with Crippen molar-refractivity contribution < 1.29 is 0 Å². The molecule has 0 saturated carbocycles. The molecule has 5 heteroatoms. The Morgan fingerprint density at radius 2 is 2.00 bits per heavy atom. The fourth-order valence-electron chi connectivity index (χ4n) is 1.75. The zero-order valence-corrected chi connectivity index (χ0v) is 11.1. The van der Waals surface area contributed by atoms with Gasteiger partial charge in [-0.3, -0.25) is 4.79 Å². The Morgan fingerprint density at radius 1 is 1.28 bits per heavy atom. The maximum absolute atomic E-state index is 11.9. The van der Waals surface area contributed by atoms with Gasteiger partial charge in [-0.1, -0.05) is 23.7 Å². The van der Waals surface area contributed by atoms with Crippen molar-refractivity contribution in [2.45, 2.75) is 0 Å². The molecule has 0 saturated heterocycles. The van der Waals surface area contributed by atoms with Crippen molar-refractivity contribution in [1.82, 2.24) is 9.55 Å². The van der Waals surface area contributed by atoms with Crippen LogP contribution in [0.5, 0.6) is 0 Å². The van der Waals surface area contributed by atoms with Crippen molar-refractivity contribution in [3.05, 3.63) is 52.0 Å². The smallest absolute Gasteiger partial charge is 0.271 e. The second-order valence-electron chi connectivity index (χ2n) is 3.99. The number of nitrogens with zero attached hydrogens (tertiary/aromatic N) is 2. The Kier molecular flexibility index (Phi) is 2.69. The lowest BCUT2D eigenvalue weighted by molar-refractivity contribution is 0.845. The van der Waals surface area contributed by atoms with Gasteiger partial charge in [0.15, 0.2) is 0 Å². The van der Waals surface area contributed by atoms with Gasteiger partial charge in [0, 0.05) is 16.9 Å². The minimum absolute atomic E-state index is 0.00906. The van der Waals surface area contributed by atoms with Gasteiger partial charge in [0.25, 0.3) is 5.56 Å². The highest BCUT2D eigenvalue weighted by atomic mass is 35.5. The van der Waals surface area contributed by atoms with Crippen LogP contribution in [0.25, 0.3) is 20.7 Å². The molecule has 0 aliphatic rings. The average molecular weight is 277 g/mol. The third kappa shape index (κ3) is 1.83. The monoisotopic (exact) mass is 276 g/mol. The van der Waals surface area contributed by atoms with E-state index >= 15 is 0 Å². The minimum Gasteiger partial charge on any atom is -0.301 e. The van der Waals surface area contributed by atoms with Crippen LogP contribution in [0.3, 0.4) is 0 Å². The zero-order valence-electron chi connectivity index (χ0n) is 9.55. The van der Waals surface area contributed by atoms with Crippen LogP contribution in [0.1, 0.15) is 0 Å². The van der Waals surface area contributed by atoms with Crippen molar-refractivity contribution in [3.8, 4) is 10.4 Å². The molecule has 2 aromatic heterocycles. The molecular weight excluding hydrogens is 268 g/mol. The minimum atomic E-state index is -0.00906. The lowest BCUT2D eigenvalue weighted by atomic mass is 10.2. The van der Waals surface area contributed by atoms with Crippen molar-refractivity contribution in [3.63, 3.8) is 0 Å². The first-order chi connectivity index (χ1) is 8.65. The van der Waals surface area contributed by atoms with E-state index in [2.05, 4.69) is 4.98 Å². The summed E-state index contributed by atoms with van der Waals surface area (Å²) in [6.45, 7) is 0. The van der Waals surface area contributed by atoms with Crippen molar-refractivity contribution in [2.24, 2.45) is 7.05 Å². The molecule has 0 amide bonds. The molecule has 3 nitrogen and oxygen atoms in total. The molecule has 0 atom stereocenters. The molecule has 0 spiro atoms. The molecule has 1 aromatic carbocycles. The average Bonchev–Trinajstić information content (AvgIpc) is 2.80. The lowest BCUT2D eigenvalue weighted by Gasteiger charge is -1.95. The Hall–Kier alpha value is -1.65. The molecule has 0 fully saturated rings. The van der Waals surface area contributed by atoms with Crippen LogP contribution in [0, 0.1) is 0 Å². The molecule has 0 aliphatic carbocycles. The van der Waals surface area contributed by atoms with Crippen LogP contribution in [0.15, 0.2) is 41.5 Å². The highest BCUT2D eigenvalue weighted by molar-refractivity contribution is 7.22. The summed E-state index contributed by atoms with van der Waals surface area (Å²) < 4.78 is 2.18. The van der Waals surface area contributed by atoms with Crippen LogP contribution in [0.4, 0.5) is 0 Å². The van der Waals surface area contributed by atoms with E-state index in [9.17, 15) is 4.79 Å². The molecule has 3 rings (SSSR count). The van der Waals surface area contributed by atoms with Gasteiger partial charge in [-0.2, -0.15) is 0 Å². The van der Waals surface area contributed by atoms with E-state index < -0.39 is 0 Å². The number of aromatic nitrogens is 2. The van der Waals surface area contributed by atoms with E-state index in [0.29, 0.717) is 9.72 Å². The molecule has 3 aromatic rings. The number of fused-ring (bicyclic) bond motifs is 1. The Morgan fingerprint density at radius 3 is 2.72 bits per heavy atom. The Labute approximate surface area is 112 Å². The number of thiophene rings is 1. The van der Waals surface area contributed by atoms with Gasteiger partial charge in [0.2, 0.25) is 0 Å². The van der Waals surface area contributed by atoms with Crippen LogP contribution in [-0.2, 0) is 7.05 Å². The molecule has 0 N–H and O–H groups in total. The number of benzene rings is 1. The number of aryl methyl sites for hydroxylation is 1. The first kappa shape index (κ1) is 11.4. The van der Waals surface area contributed by atoms with Crippen LogP contribution in [-0.4, -0.2) is 9.55 Å². The summed E-state index contributed by atoms with van der Waals surface area (Å²) in [5, 5.41) is 0.703. The molecule has 18 heavy (non-hydrogen) atoms. The molecule has 0 aliphatic heterocycles. The largest absolute Gasteiger partial charge is 0.301 e. The second kappa shape index (κ2) is 4.23. The molecule has 0 bridgehead atoms. The van der Waals surface area contributed by atoms with Gasteiger partial charge in [-0.15, -0.1) is 11.3 Å². The standard InChI is InChI=1S/C13H9ClN2OS/c1-16-7-15-10-6-11(18-12(10)13(16)17)8-2-4-9(14)5-3-8/h2-7H,1H3. The van der Waals surface area contributed by atoms with Crippen molar-refractivity contribution >= 4 is 33.2 Å². The molecule has 0 radical (unpaired) electrons. The SMILES string of the molecule is Cn1cnc2cc(-c3ccc(Cl)cc3)sc2c1=O. The van der Waals surface area contributed by atoms with Gasteiger partial charge in [0.1, 0.15) is 4.70 Å². The maximum Gasteiger partial charge on any atom is 0.271 e. The number of hydrogen-bond acceptors (Lipinski definition) is 3. The summed E-state index contributed by atoms with van der Waals surface area (Å²) in [7, 11) is 1.70. The summed E-state index contributed by atoms with van der Waals surface area (Å²) in [6.07, 6.45) is 1.54. The summed E-state index contributed by atoms with van der Waals surface area (Å²) in [5.41, 5.74) is 1.78. The zero-order chi connectivity index (χ0) is 12.7. The fraction of sp³-hybridized carbons (Fsp3) is 0.0769. The van der Waals surface area contributed by atoms with Crippen LogP contribution in [0.2, 0.25) is 5.02 Å². The number of halogens is 1. The van der Waals surface area contributed by atoms with Crippen molar-refractivity contribution in [2.75, 3.05) is 0 Å². The van der Waals surface area contributed by atoms with E-state index in [-0.39, 0.29) is 5.56 Å². The predicted octanol–water partition coefficient (Wildman–Crippen LogP) is 3.32. The van der Waals surface area contributed by atoms with E-state index in [1.54, 1.807) is 13.4 Å². The molecule has 2 heterocycles. The summed E-state index contributed by atoms with van der Waals surface area (Å²) in [5.74, 6) is 0. The Bertz CT molecular complexity index is 774. The quantitative estimate of drug-likeness (QED) is 0.683. The second-order valence-corrected chi connectivity index (χ2v) is 5.48. The third-order valence-electron chi connectivity index (χ3n) is 2.73. The van der Waals surface area contributed by atoms with E-state index in [1.165, 1.54) is 15.9 Å². The van der Waals surface area contributed by atoms with Gasteiger partial charge >= 0.3 is 0 Å². The van der Waals surface area contributed by atoms with Gasteiger partial charge in [0.05, 0.1) is 11.8 Å². The van der Waals surface area contributed by atoms with Crippen LogP contribution >= 0.6 is 22.9 Å². The third-order valence-corrected chi connectivity index (χ3v) is 4.14.